The molecule has 0 spiro atoms. The summed E-state index contributed by atoms with van der Waals surface area (Å²) in [6.07, 6.45) is 6.40. The summed E-state index contributed by atoms with van der Waals surface area (Å²) in [4.78, 5) is 15.3. The van der Waals surface area contributed by atoms with E-state index in [1.54, 1.807) is 0 Å². The van der Waals surface area contributed by atoms with E-state index in [-0.39, 0.29) is 15.2 Å². The van der Waals surface area contributed by atoms with Crippen molar-refractivity contribution in [2.75, 3.05) is 26.2 Å². The van der Waals surface area contributed by atoms with E-state index in [2.05, 4.69) is 9.80 Å². The Morgan fingerprint density at radius 2 is 1.23 bits per heavy atom. The zero-order chi connectivity index (χ0) is 16.1. The Labute approximate surface area is 145 Å². The van der Waals surface area contributed by atoms with E-state index in [0.717, 1.165) is 64.7 Å². The number of likely N-dealkylation sites (tertiary alicyclic amines) is 2. The standard InChI is InChI=1S/C14H20Cl3N3O2/c15-11(13(16)17)12(20(21)22)14(18-7-3-1-4-8-18)19-9-5-2-6-10-19/h1-10H2. The van der Waals surface area contributed by atoms with Crippen LogP contribution >= 0.6 is 34.8 Å². The van der Waals surface area contributed by atoms with E-state index in [4.69, 9.17) is 34.8 Å². The summed E-state index contributed by atoms with van der Waals surface area (Å²) in [6.45, 7) is 3.20. The van der Waals surface area contributed by atoms with Gasteiger partial charge in [-0.2, -0.15) is 0 Å². The molecule has 2 fully saturated rings. The Bertz CT molecular complexity index is 458. The molecule has 0 aromatic heterocycles. The summed E-state index contributed by atoms with van der Waals surface area (Å²) < 4.78 is -0.264. The van der Waals surface area contributed by atoms with Crippen molar-refractivity contribution in [2.24, 2.45) is 0 Å². The highest BCUT2D eigenvalue weighted by atomic mass is 35.5. The lowest BCUT2D eigenvalue weighted by Gasteiger charge is -2.39. The fourth-order valence-corrected chi connectivity index (χ4v) is 3.39. The first-order valence-electron chi connectivity index (χ1n) is 7.62. The number of allylic oxidation sites excluding steroid dienone is 1. The Balaban J connectivity index is 2.48. The van der Waals surface area contributed by atoms with E-state index < -0.39 is 4.92 Å². The fourth-order valence-electron chi connectivity index (χ4n) is 3.06. The van der Waals surface area contributed by atoms with Gasteiger partial charge < -0.3 is 9.80 Å². The van der Waals surface area contributed by atoms with E-state index >= 15 is 0 Å². The van der Waals surface area contributed by atoms with Crippen molar-refractivity contribution in [3.05, 3.63) is 31.2 Å². The molecule has 0 bridgehead atoms. The molecule has 0 N–H and O–H groups in total. The van der Waals surface area contributed by atoms with Crippen LogP contribution in [-0.4, -0.2) is 40.9 Å². The van der Waals surface area contributed by atoms with Crippen LogP contribution in [0, 0.1) is 10.1 Å². The maximum Gasteiger partial charge on any atom is 0.330 e. The van der Waals surface area contributed by atoms with Gasteiger partial charge in [0.1, 0.15) is 4.49 Å². The van der Waals surface area contributed by atoms with Gasteiger partial charge in [-0.25, -0.2) is 0 Å². The number of hydrogen-bond donors (Lipinski definition) is 0. The molecule has 0 saturated carbocycles. The Kier molecular flexibility index (Phi) is 6.66. The van der Waals surface area contributed by atoms with Crippen LogP contribution in [0.4, 0.5) is 0 Å². The molecular weight excluding hydrogens is 349 g/mol. The van der Waals surface area contributed by atoms with Gasteiger partial charge in [0.05, 0.1) is 4.92 Å². The third kappa shape index (κ3) is 4.21. The third-order valence-electron chi connectivity index (χ3n) is 4.08. The normalized spacial score (nSPS) is 18.9. The van der Waals surface area contributed by atoms with Crippen molar-refractivity contribution in [1.82, 2.24) is 9.80 Å². The van der Waals surface area contributed by atoms with E-state index in [9.17, 15) is 10.1 Å². The highest BCUT2D eigenvalue weighted by molar-refractivity contribution is 6.59. The summed E-state index contributed by atoms with van der Waals surface area (Å²) in [5.41, 5.74) is -0.175. The van der Waals surface area contributed by atoms with Crippen LogP contribution in [0.5, 0.6) is 0 Å². The highest BCUT2D eigenvalue weighted by Gasteiger charge is 2.33. The molecule has 2 saturated heterocycles. The highest BCUT2D eigenvalue weighted by Crippen LogP contribution is 2.32. The SMILES string of the molecule is O=[N+]([O-])C(C(Cl)=C(Cl)Cl)=C(N1CCCCC1)N1CCCCC1. The molecule has 5 nitrogen and oxygen atoms in total. The van der Waals surface area contributed by atoms with Crippen molar-refractivity contribution in [2.45, 2.75) is 38.5 Å². The topological polar surface area (TPSA) is 49.6 Å². The lowest BCUT2D eigenvalue weighted by atomic mass is 10.1. The summed E-state index contributed by atoms with van der Waals surface area (Å²) in [5.74, 6) is 0.577. The third-order valence-corrected chi connectivity index (χ3v) is 5.02. The van der Waals surface area contributed by atoms with Crippen molar-refractivity contribution >= 4 is 34.8 Å². The summed E-state index contributed by atoms with van der Waals surface area (Å²) in [5, 5.41) is 11.4. The maximum absolute atomic E-state index is 11.6. The first kappa shape index (κ1) is 17.7. The van der Waals surface area contributed by atoms with Gasteiger partial charge >= 0.3 is 5.70 Å². The molecule has 2 heterocycles. The molecule has 0 aromatic carbocycles. The van der Waals surface area contributed by atoms with Crippen LogP contribution in [0.15, 0.2) is 21.0 Å². The van der Waals surface area contributed by atoms with Gasteiger partial charge in [0.25, 0.3) is 0 Å². The summed E-state index contributed by atoms with van der Waals surface area (Å²) in [7, 11) is 0. The van der Waals surface area contributed by atoms with E-state index in [0.29, 0.717) is 5.82 Å². The van der Waals surface area contributed by atoms with Crippen LogP contribution < -0.4 is 0 Å². The molecule has 0 aromatic rings. The first-order chi connectivity index (χ1) is 10.5. The Hall–Kier alpha value is -0.650. The summed E-state index contributed by atoms with van der Waals surface area (Å²) >= 11 is 17.5. The molecule has 0 unspecified atom stereocenters. The number of piperidine rings is 2. The molecule has 0 amide bonds. The maximum atomic E-state index is 11.6. The molecule has 8 heteroatoms. The van der Waals surface area contributed by atoms with Crippen molar-refractivity contribution in [1.29, 1.82) is 0 Å². The van der Waals surface area contributed by atoms with Gasteiger partial charge in [0.2, 0.25) is 0 Å². The minimum Gasteiger partial charge on any atom is -0.353 e. The second-order valence-electron chi connectivity index (χ2n) is 5.60. The molecular formula is C14H20Cl3N3O2. The van der Waals surface area contributed by atoms with Gasteiger partial charge in [0, 0.05) is 26.2 Å². The lowest BCUT2D eigenvalue weighted by Crippen LogP contribution is -2.42. The zero-order valence-electron chi connectivity index (χ0n) is 12.4. The quantitative estimate of drug-likeness (QED) is 0.422. The monoisotopic (exact) mass is 367 g/mol. The fraction of sp³-hybridized carbons (Fsp3) is 0.714. The number of nitro groups is 1. The molecule has 0 aliphatic carbocycles. The Morgan fingerprint density at radius 1 is 0.818 bits per heavy atom. The minimum atomic E-state index is -0.467. The molecule has 2 aliphatic rings. The van der Waals surface area contributed by atoms with Gasteiger partial charge in [-0.05, 0) is 38.5 Å². The molecule has 0 atom stereocenters. The first-order valence-corrected chi connectivity index (χ1v) is 8.75. The molecule has 124 valence electrons. The number of rotatable bonds is 4. The average molecular weight is 369 g/mol. The largest absolute Gasteiger partial charge is 0.353 e. The predicted molar refractivity (Wildman–Crippen MR) is 89.5 cm³/mol. The van der Waals surface area contributed by atoms with Crippen molar-refractivity contribution in [3.63, 3.8) is 0 Å². The smallest absolute Gasteiger partial charge is 0.330 e. The molecule has 2 aliphatic heterocycles. The number of nitrogens with zero attached hydrogens (tertiary/aromatic N) is 3. The van der Waals surface area contributed by atoms with Crippen molar-refractivity contribution in [3.8, 4) is 0 Å². The minimum absolute atomic E-state index is 0.175. The molecule has 22 heavy (non-hydrogen) atoms. The number of halogens is 3. The van der Waals surface area contributed by atoms with Crippen LogP contribution in [0.2, 0.25) is 0 Å². The average Bonchev–Trinajstić information content (AvgIpc) is 2.53. The van der Waals surface area contributed by atoms with Crippen LogP contribution in [0.1, 0.15) is 38.5 Å². The van der Waals surface area contributed by atoms with E-state index in [1.807, 2.05) is 0 Å². The molecule has 2 rings (SSSR count). The zero-order valence-corrected chi connectivity index (χ0v) is 14.6. The second-order valence-corrected chi connectivity index (χ2v) is 6.93. The Morgan fingerprint density at radius 3 is 1.55 bits per heavy atom. The van der Waals surface area contributed by atoms with Gasteiger partial charge in [-0.1, -0.05) is 34.8 Å². The van der Waals surface area contributed by atoms with Gasteiger partial charge in [-0.3, -0.25) is 10.1 Å². The van der Waals surface area contributed by atoms with Crippen LogP contribution in [0.25, 0.3) is 0 Å². The lowest BCUT2D eigenvalue weighted by molar-refractivity contribution is -0.423. The van der Waals surface area contributed by atoms with Crippen LogP contribution in [0.3, 0.4) is 0 Å². The van der Waals surface area contributed by atoms with E-state index in [1.165, 1.54) is 0 Å². The van der Waals surface area contributed by atoms with Gasteiger partial charge in [0.15, 0.2) is 10.9 Å². The van der Waals surface area contributed by atoms with Crippen LogP contribution in [-0.2, 0) is 0 Å². The predicted octanol–water partition coefficient (Wildman–Crippen LogP) is 4.29. The summed E-state index contributed by atoms with van der Waals surface area (Å²) in [6, 6.07) is 0. The molecule has 0 radical (unpaired) electrons. The van der Waals surface area contributed by atoms with Gasteiger partial charge in [-0.15, -0.1) is 0 Å². The van der Waals surface area contributed by atoms with Crippen molar-refractivity contribution < 1.29 is 4.92 Å². The second kappa shape index (κ2) is 8.27. The number of hydrogen-bond acceptors (Lipinski definition) is 4.